The number of carbonyl (C=O) groups excluding carboxylic acids is 1. The quantitative estimate of drug-likeness (QED) is 0.166. The lowest BCUT2D eigenvalue weighted by Gasteiger charge is -2.33. The SMILES string of the molecule is C.CC.CC.CC.CC.CN1CCN(c2ccc(C(=O)Nc3ccc(Br)cc3)cn2)CC1.CN1CCN(c2ccc(C(=O)O)cn2)CC1.Nc1ccc(Br)cc1. The van der Waals surface area contributed by atoms with Crippen molar-refractivity contribution in [3.8, 4) is 0 Å². The van der Waals surface area contributed by atoms with E-state index in [2.05, 4.69) is 80.8 Å². The molecule has 4 heterocycles. The molecule has 6 rings (SSSR count). The lowest BCUT2D eigenvalue weighted by atomic mass is 10.2. The van der Waals surface area contributed by atoms with Gasteiger partial charge >= 0.3 is 5.97 Å². The molecule has 2 saturated heterocycles. The van der Waals surface area contributed by atoms with Crippen LogP contribution in [-0.2, 0) is 0 Å². The van der Waals surface area contributed by atoms with Gasteiger partial charge in [-0.25, -0.2) is 14.8 Å². The van der Waals surface area contributed by atoms with E-state index in [1.807, 2.05) is 116 Å². The molecular formula is C43H68Br2N8O3. The number of benzene rings is 2. The molecule has 0 atom stereocenters. The first-order valence-electron chi connectivity index (χ1n) is 19.2. The van der Waals surface area contributed by atoms with Gasteiger partial charge in [0, 0.05) is 85.1 Å². The molecule has 13 heteroatoms. The normalized spacial score (nSPS) is 13.1. The smallest absolute Gasteiger partial charge is 0.337 e. The number of anilines is 4. The Morgan fingerprint density at radius 1 is 0.589 bits per heavy atom. The second-order valence-electron chi connectivity index (χ2n) is 11.2. The Morgan fingerprint density at radius 3 is 1.27 bits per heavy atom. The van der Waals surface area contributed by atoms with Gasteiger partial charge in [0.1, 0.15) is 11.6 Å². The fourth-order valence-electron chi connectivity index (χ4n) is 4.68. The van der Waals surface area contributed by atoms with Gasteiger partial charge in [-0.05, 0) is 86.9 Å². The number of likely N-dealkylation sites (N-methyl/N-ethyl adjacent to an activating group) is 2. The zero-order valence-electron chi connectivity index (χ0n) is 34.5. The van der Waals surface area contributed by atoms with E-state index in [0.717, 1.165) is 84.3 Å². The molecule has 56 heavy (non-hydrogen) atoms. The summed E-state index contributed by atoms with van der Waals surface area (Å²) < 4.78 is 2.04. The van der Waals surface area contributed by atoms with Crippen LogP contribution in [-0.4, -0.2) is 103 Å². The van der Waals surface area contributed by atoms with Crippen molar-refractivity contribution in [2.75, 3.05) is 87.3 Å². The minimum Gasteiger partial charge on any atom is -0.478 e. The van der Waals surface area contributed by atoms with E-state index in [9.17, 15) is 9.59 Å². The molecule has 2 fully saturated rings. The summed E-state index contributed by atoms with van der Waals surface area (Å²) in [5.41, 5.74) is 7.77. The lowest BCUT2D eigenvalue weighted by molar-refractivity contribution is 0.0696. The van der Waals surface area contributed by atoms with Crippen LogP contribution in [0.25, 0.3) is 0 Å². The standard InChI is InChI=1S/C17H19BrN4O.C11H15N3O2.C6H6BrN.4C2H6.CH4/c1-21-8-10-22(11-9-21)16-7-2-13(12-19-16)17(23)20-15-5-3-14(18)4-6-15;1-13-4-6-14(7-5-13)10-3-2-9(8-12-10)11(15)16;7-5-1-3-6(8)4-2-5;4*1-2;/h2-7,12H,8-11H2,1H3,(H,20,23);2-3,8H,4-7H2,1H3,(H,15,16);1-4H,8H2;4*1-2H3;1H4. The molecule has 4 N–H and O–H groups in total. The Hall–Kier alpha value is -4.04. The topological polar surface area (TPSA) is 131 Å². The number of halogens is 2. The molecule has 0 radical (unpaired) electrons. The fraction of sp³-hybridized carbons (Fsp3) is 0.442. The van der Waals surface area contributed by atoms with Crippen LogP contribution in [0.5, 0.6) is 0 Å². The minimum atomic E-state index is -0.933. The molecule has 2 aromatic carbocycles. The predicted molar refractivity (Wildman–Crippen MR) is 248 cm³/mol. The van der Waals surface area contributed by atoms with E-state index < -0.39 is 5.97 Å². The van der Waals surface area contributed by atoms with Crippen molar-refractivity contribution in [3.05, 3.63) is 105 Å². The second kappa shape index (κ2) is 32.1. The maximum Gasteiger partial charge on any atom is 0.337 e. The highest BCUT2D eigenvalue weighted by Crippen LogP contribution is 2.17. The van der Waals surface area contributed by atoms with Crippen LogP contribution in [0.4, 0.5) is 23.0 Å². The number of aromatic carboxylic acids is 1. The van der Waals surface area contributed by atoms with Crippen LogP contribution in [0.1, 0.15) is 83.5 Å². The molecule has 0 saturated carbocycles. The third-order valence-electron chi connectivity index (χ3n) is 7.63. The largest absolute Gasteiger partial charge is 0.478 e. The van der Waals surface area contributed by atoms with E-state index in [0.29, 0.717) is 5.56 Å². The maximum atomic E-state index is 12.2. The first kappa shape index (κ1) is 54.1. The summed E-state index contributed by atoms with van der Waals surface area (Å²) in [6.45, 7) is 23.9. The minimum absolute atomic E-state index is 0. The van der Waals surface area contributed by atoms with Crippen molar-refractivity contribution in [1.29, 1.82) is 0 Å². The van der Waals surface area contributed by atoms with Gasteiger partial charge in [0.25, 0.3) is 5.91 Å². The van der Waals surface area contributed by atoms with Gasteiger partial charge in [-0.15, -0.1) is 0 Å². The second-order valence-corrected chi connectivity index (χ2v) is 13.0. The van der Waals surface area contributed by atoms with Crippen molar-refractivity contribution < 1.29 is 14.7 Å². The third-order valence-corrected chi connectivity index (χ3v) is 8.69. The Morgan fingerprint density at radius 2 is 0.946 bits per heavy atom. The Balaban J connectivity index is 0. The molecule has 2 aromatic heterocycles. The molecular weight excluding hydrogens is 836 g/mol. The van der Waals surface area contributed by atoms with Gasteiger partial charge in [0.05, 0.1) is 11.1 Å². The zero-order chi connectivity index (χ0) is 41.8. The van der Waals surface area contributed by atoms with Crippen LogP contribution in [0.2, 0.25) is 0 Å². The average Bonchev–Trinajstić information content (AvgIpc) is 3.24. The number of hydrogen-bond donors (Lipinski definition) is 3. The zero-order valence-corrected chi connectivity index (χ0v) is 37.7. The maximum absolute atomic E-state index is 12.2. The first-order valence-corrected chi connectivity index (χ1v) is 20.8. The Bertz CT molecular complexity index is 1540. The van der Waals surface area contributed by atoms with Crippen molar-refractivity contribution in [2.24, 2.45) is 0 Å². The number of nitrogens with two attached hydrogens (primary N) is 1. The van der Waals surface area contributed by atoms with Crippen LogP contribution in [0.15, 0.2) is 94.1 Å². The number of amides is 1. The van der Waals surface area contributed by atoms with Gasteiger partial charge in [-0.1, -0.05) is 94.7 Å². The molecule has 4 aromatic rings. The van der Waals surface area contributed by atoms with Crippen molar-refractivity contribution >= 4 is 66.7 Å². The van der Waals surface area contributed by atoms with Crippen LogP contribution < -0.4 is 20.9 Å². The van der Waals surface area contributed by atoms with E-state index in [-0.39, 0.29) is 18.9 Å². The Labute approximate surface area is 355 Å². The average molecular weight is 905 g/mol. The molecule has 0 bridgehead atoms. The summed E-state index contributed by atoms with van der Waals surface area (Å²) in [6, 6.07) is 22.1. The van der Waals surface area contributed by atoms with Gasteiger partial charge in [0.15, 0.2) is 0 Å². The molecule has 2 aliphatic heterocycles. The van der Waals surface area contributed by atoms with Crippen LogP contribution in [0.3, 0.4) is 0 Å². The number of nitrogen functional groups attached to an aromatic ring is 1. The molecule has 0 aliphatic carbocycles. The first-order chi connectivity index (χ1) is 26.6. The number of carboxylic acid groups (broad SMARTS) is 1. The number of carbonyl (C=O) groups is 2. The number of nitrogens with one attached hydrogen (secondary N) is 1. The number of carboxylic acids is 1. The highest BCUT2D eigenvalue weighted by Gasteiger charge is 2.17. The number of piperazine rings is 2. The number of hydrogen-bond acceptors (Lipinski definition) is 9. The van der Waals surface area contributed by atoms with E-state index >= 15 is 0 Å². The Kier molecular flexibility index (Phi) is 31.0. The number of nitrogens with zero attached hydrogens (tertiary/aromatic N) is 6. The molecule has 11 nitrogen and oxygen atoms in total. The molecule has 2 aliphatic rings. The summed E-state index contributed by atoms with van der Waals surface area (Å²) in [4.78, 5) is 40.5. The summed E-state index contributed by atoms with van der Waals surface area (Å²) in [5.74, 6) is 0.707. The monoisotopic (exact) mass is 902 g/mol. The molecule has 312 valence electrons. The van der Waals surface area contributed by atoms with Gasteiger partial charge in [-0.3, -0.25) is 4.79 Å². The van der Waals surface area contributed by atoms with Gasteiger partial charge < -0.3 is 35.8 Å². The highest BCUT2D eigenvalue weighted by molar-refractivity contribution is 9.10. The number of rotatable bonds is 5. The number of aromatic nitrogens is 2. The summed E-state index contributed by atoms with van der Waals surface area (Å²) >= 11 is 6.67. The van der Waals surface area contributed by atoms with Crippen molar-refractivity contribution in [2.45, 2.75) is 62.8 Å². The van der Waals surface area contributed by atoms with Gasteiger partial charge in [0.2, 0.25) is 0 Å². The van der Waals surface area contributed by atoms with Crippen molar-refractivity contribution in [3.63, 3.8) is 0 Å². The molecule has 0 unspecified atom stereocenters. The number of pyridine rings is 2. The van der Waals surface area contributed by atoms with E-state index in [1.54, 1.807) is 18.3 Å². The van der Waals surface area contributed by atoms with E-state index in [1.165, 1.54) is 6.20 Å². The van der Waals surface area contributed by atoms with Crippen LogP contribution >= 0.6 is 31.9 Å². The molecule has 0 spiro atoms. The predicted octanol–water partition coefficient (Wildman–Crippen LogP) is 10.2. The fourth-order valence-corrected chi connectivity index (χ4v) is 5.21. The highest BCUT2D eigenvalue weighted by atomic mass is 79.9. The summed E-state index contributed by atoms with van der Waals surface area (Å²) in [7, 11) is 4.22. The summed E-state index contributed by atoms with van der Waals surface area (Å²) in [5, 5.41) is 11.6. The van der Waals surface area contributed by atoms with Crippen LogP contribution in [0, 0.1) is 0 Å². The van der Waals surface area contributed by atoms with Gasteiger partial charge in [-0.2, -0.15) is 0 Å². The summed E-state index contributed by atoms with van der Waals surface area (Å²) in [6.07, 6.45) is 3.05. The third kappa shape index (κ3) is 20.8. The van der Waals surface area contributed by atoms with E-state index in [4.69, 9.17) is 10.8 Å². The van der Waals surface area contributed by atoms with Crippen molar-refractivity contribution in [1.82, 2.24) is 19.8 Å². The molecule has 1 amide bonds. The lowest BCUT2D eigenvalue weighted by Crippen LogP contribution is -2.44.